The minimum atomic E-state index is 0.700. The van der Waals surface area contributed by atoms with Crippen LogP contribution < -0.4 is 5.32 Å². The molecule has 1 aliphatic carbocycles. The van der Waals surface area contributed by atoms with Crippen LogP contribution in [0.3, 0.4) is 0 Å². The maximum absolute atomic E-state index is 5.27. The van der Waals surface area contributed by atoms with E-state index in [0.717, 1.165) is 18.4 Å². The third-order valence-electron chi connectivity index (χ3n) is 4.24. The van der Waals surface area contributed by atoms with Gasteiger partial charge in [0.15, 0.2) is 0 Å². The molecule has 0 spiro atoms. The Morgan fingerprint density at radius 3 is 2.94 bits per heavy atom. The molecule has 0 bridgehead atoms. The van der Waals surface area contributed by atoms with E-state index >= 15 is 0 Å². The lowest BCUT2D eigenvalue weighted by Gasteiger charge is -2.35. The average Bonchev–Trinajstić information content (AvgIpc) is 2.85. The largest absolute Gasteiger partial charge is 0.472 e. The summed E-state index contributed by atoms with van der Waals surface area (Å²) in [5.41, 5.74) is 1.41. The van der Waals surface area contributed by atoms with E-state index in [2.05, 4.69) is 25.4 Å². The van der Waals surface area contributed by atoms with E-state index < -0.39 is 0 Å². The summed E-state index contributed by atoms with van der Waals surface area (Å²) in [7, 11) is 2.06. The predicted octanol–water partition coefficient (Wildman–Crippen LogP) is 3.80. The second-order valence-electron chi connectivity index (χ2n) is 5.45. The first kappa shape index (κ1) is 12.7. The Morgan fingerprint density at radius 1 is 1.41 bits per heavy atom. The van der Waals surface area contributed by atoms with Crippen molar-refractivity contribution >= 4 is 0 Å². The fourth-order valence-electron chi connectivity index (χ4n) is 3.39. The van der Waals surface area contributed by atoms with Gasteiger partial charge in [-0.05, 0) is 55.8 Å². The van der Waals surface area contributed by atoms with Crippen LogP contribution in [0.15, 0.2) is 23.0 Å². The van der Waals surface area contributed by atoms with Crippen LogP contribution in [0, 0.1) is 11.8 Å². The first-order valence-corrected chi connectivity index (χ1v) is 7.01. The average molecular weight is 235 g/mol. The molecule has 96 valence electrons. The lowest BCUT2D eigenvalue weighted by molar-refractivity contribution is 0.222. The minimum absolute atomic E-state index is 0.700. The summed E-state index contributed by atoms with van der Waals surface area (Å²) in [6.45, 7) is 3.43. The molecule has 3 unspecified atom stereocenters. The molecule has 0 aromatic carbocycles. The van der Waals surface area contributed by atoms with E-state index in [1.54, 1.807) is 0 Å². The Morgan fingerprint density at radius 2 is 2.29 bits per heavy atom. The molecule has 1 fully saturated rings. The topological polar surface area (TPSA) is 25.2 Å². The van der Waals surface area contributed by atoms with Crippen molar-refractivity contribution in [2.75, 3.05) is 13.6 Å². The van der Waals surface area contributed by atoms with Gasteiger partial charge in [0, 0.05) is 0 Å². The SMILES string of the molecule is CCCC1CCC(CNC)C(c2ccoc2)C1. The lowest BCUT2D eigenvalue weighted by atomic mass is 9.70. The summed E-state index contributed by atoms with van der Waals surface area (Å²) < 4.78 is 5.27. The number of hydrogen-bond donors (Lipinski definition) is 1. The minimum Gasteiger partial charge on any atom is -0.472 e. The fraction of sp³-hybridized carbons (Fsp3) is 0.733. The van der Waals surface area contributed by atoms with Crippen molar-refractivity contribution in [2.45, 2.75) is 44.9 Å². The Bertz CT molecular complexity index is 307. The van der Waals surface area contributed by atoms with Gasteiger partial charge in [-0.1, -0.05) is 26.2 Å². The van der Waals surface area contributed by atoms with Crippen molar-refractivity contribution in [3.05, 3.63) is 24.2 Å². The van der Waals surface area contributed by atoms with Gasteiger partial charge in [-0.25, -0.2) is 0 Å². The number of nitrogens with one attached hydrogen (secondary N) is 1. The van der Waals surface area contributed by atoms with Crippen LogP contribution in [0.1, 0.15) is 50.5 Å². The van der Waals surface area contributed by atoms with Crippen molar-refractivity contribution in [1.29, 1.82) is 0 Å². The monoisotopic (exact) mass is 235 g/mol. The van der Waals surface area contributed by atoms with E-state index in [0.29, 0.717) is 5.92 Å². The second-order valence-corrected chi connectivity index (χ2v) is 5.45. The molecule has 1 aromatic rings. The van der Waals surface area contributed by atoms with Gasteiger partial charge in [-0.3, -0.25) is 0 Å². The zero-order valence-electron chi connectivity index (χ0n) is 11.1. The molecule has 0 radical (unpaired) electrons. The zero-order chi connectivity index (χ0) is 12.1. The van der Waals surface area contributed by atoms with Gasteiger partial charge < -0.3 is 9.73 Å². The Balaban J connectivity index is 2.04. The highest BCUT2D eigenvalue weighted by atomic mass is 16.3. The maximum Gasteiger partial charge on any atom is 0.0937 e. The maximum atomic E-state index is 5.27. The Kier molecular flexibility index (Phi) is 4.66. The van der Waals surface area contributed by atoms with Crippen LogP contribution >= 0.6 is 0 Å². The first-order chi connectivity index (χ1) is 8.35. The number of hydrogen-bond acceptors (Lipinski definition) is 2. The van der Waals surface area contributed by atoms with Crippen LogP contribution in [0.25, 0.3) is 0 Å². The molecule has 1 heterocycles. The van der Waals surface area contributed by atoms with Crippen molar-refractivity contribution in [2.24, 2.45) is 11.8 Å². The molecular formula is C15H25NO. The quantitative estimate of drug-likeness (QED) is 0.839. The first-order valence-electron chi connectivity index (χ1n) is 7.01. The highest BCUT2D eigenvalue weighted by molar-refractivity contribution is 5.15. The molecule has 1 saturated carbocycles. The molecule has 1 N–H and O–H groups in total. The molecule has 1 aromatic heterocycles. The summed E-state index contributed by atoms with van der Waals surface area (Å²) in [6.07, 6.45) is 10.6. The Hall–Kier alpha value is -0.760. The molecule has 17 heavy (non-hydrogen) atoms. The van der Waals surface area contributed by atoms with Crippen LogP contribution in [0.2, 0.25) is 0 Å². The summed E-state index contributed by atoms with van der Waals surface area (Å²) in [6, 6.07) is 2.15. The van der Waals surface area contributed by atoms with Crippen molar-refractivity contribution < 1.29 is 4.42 Å². The molecule has 1 aliphatic rings. The van der Waals surface area contributed by atoms with E-state index in [4.69, 9.17) is 4.42 Å². The standard InChI is InChI=1S/C15H25NO/c1-3-4-12-5-6-13(10-16-2)15(9-12)14-7-8-17-11-14/h7-8,11-13,15-16H,3-6,9-10H2,1-2H3. The van der Waals surface area contributed by atoms with Gasteiger partial charge in [0.05, 0.1) is 12.5 Å². The number of rotatable bonds is 5. The van der Waals surface area contributed by atoms with Crippen molar-refractivity contribution in [3.63, 3.8) is 0 Å². The highest BCUT2D eigenvalue weighted by Gasteiger charge is 2.31. The normalized spacial score (nSPS) is 29.4. The molecule has 2 heteroatoms. The van der Waals surface area contributed by atoms with Gasteiger partial charge in [-0.15, -0.1) is 0 Å². The molecular weight excluding hydrogens is 210 g/mol. The van der Waals surface area contributed by atoms with Crippen molar-refractivity contribution in [3.8, 4) is 0 Å². The molecule has 0 amide bonds. The van der Waals surface area contributed by atoms with Crippen LogP contribution in [0.4, 0.5) is 0 Å². The Labute approximate surface area is 105 Å². The van der Waals surface area contributed by atoms with E-state index in [1.165, 1.54) is 37.7 Å². The van der Waals surface area contributed by atoms with E-state index in [9.17, 15) is 0 Å². The van der Waals surface area contributed by atoms with E-state index in [-0.39, 0.29) is 0 Å². The van der Waals surface area contributed by atoms with Crippen LogP contribution in [-0.2, 0) is 0 Å². The summed E-state index contributed by atoms with van der Waals surface area (Å²) in [5, 5.41) is 3.35. The molecule has 0 saturated heterocycles. The molecule has 2 rings (SSSR count). The number of furan rings is 1. The van der Waals surface area contributed by atoms with Gasteiger partial charge in [0.1, 0.15) is 0 Å². The summed E-state index contributed by atoms with van der Waals surface area (Å²) >= 11 is 0. The van der Waals surface area contributed by atoms with Crippen LogP contribution in [-0.4, -0.2) is 13.6 Å². The molecule has 2 nitrogen and oxygen atoms in total. The smallest absolute Gasteiger partial charge is 0.0937 e. The van der Waals surface area contributed by atoms with E-state index in [1.807, 2.05) is 12.5 Å². The fourth-order valence-corrected chi connectivity index (χ4v) is 3.39. The van der Waals surface area contributed by atoms with Gasteiger partial charge in [0.25, 0.3) is 0 Å². The summed E-state index contributed by atoms with van der Waals surface area (Å²) in [4.78, 5) is 0. The zero-order valence-corrected chi connectivity index (χ0v) is 11.1. The van der Waals surface area contributed by atoms with Gasteiger partial charge in [0.2, 0.25) is 0 Å². The highest BCUT2D eigenvalue weighted by Crippen LogP contribution is 2.41. The van der Waals surface area contributed by atoms with Crippen LogP contribution in [0.5, 0.6) is 0 Å². The third-order valence-corrected chi connectivity index (χ3v) is 4.24. The molecule has 3 atom stereocenters. The third kappa shape index (κ3) is 3.12. The predicted molar refractivity (Wildman–Crippen MR) is 71.1 cm³/mol. The molecule has 0 aliphatic heterocycles. The lowest BCUT2D eigenvalue weighted by Crippen LogP contribution is -2.30. The van der Waals surface area contributed by atoms with Crippen molar-refractivity contribution in [1.82, 2.24) is 5.32 Å². The van der Waals surface area contributed by atoms with Gasteiger partial charge >= 0.3 is 0 Å². The summed E-state index contributed by atoms with van der Waals surface area (Å²) in [5.74, 6) is 2.41. The second kappa shape index (κ2) is 6.25. The van der Waals surface area contributed by atoms with Gasteiger partial charge in [-0.2, -0.15) is 0 Å².